The molecule has 1 saturated heterocycles. The highest BCUT2D eigenvalue weighted by Gasteiger charge is 2.11. The molecule has 0 radical (unpaired) electrons. The van der Waals surface area contributed by atoms with Crippen molar-refractivity contribution in [3.8, 4) is 0 Å². The molecule has 0 amide bonds. The Morgan fingerprint density at radius 3 is 2.91 bits per heavy atom. The minimum absolute atomic E-state index is 0.882. The van der Waals surface area contributed by atoms with Crippen LogP contribution in [0.2, 0.25) is 0 Å². The van der Waals surface area contributed by atoms with Crippen LogP contribution in [0.5, 0.6) is 0 Å². The van der Waals surface area contributed by atoms with Gasteiger partial charge in [-0.25, -0.2) is 0 Å². The number of nitrogens with one attached hydrogen (secondary N) is 1. The largest absolute Gasteiger partial charge is 0.316 e. The van der Waals surface area contributed by atoms with Crippen LogP contribution in [0.15, 0.2) is 0 Å². The van der Waals surface area contributed by atoms with Crippen molar-refractivity contribution in [1.82, 2.24) is 10.2 Å². The molecule has 1 unspecified atom stereocenters. The highest BCUT2D eigenvalue weighted by Crippen LogP contribution is 2.11. The van der Waals surface area contributed by atoms with Crippen LogP contribution >= 0.6 is 0 Å². The van der Waals surface area contributed by atoms with Crippen molar-refractivity contribution in [3.05, 3.63) is 0 Å². The van der Waals surface area contributed by atoms with E-state index in [0.717, 1.165) is 5.92 Å². The lowest BCUT2D eigenvalue weighted by Crippen LogP contribution is -2.29. The third-order valence-electron chi connectivity index (χ3n) is 2.27. The molecule has 0 aromatic heterocycles. The zero-order valence-corrected chi connectivity index (χ0v) is 7.77. The van der Waals surface area contributed by atoms with Crippen LogP contribution in [-0.4, -0.2) is 38.6 Å². The number of hydrogen-bond donors (Lipinski definition) is 1. The first-order chi connectivity index (χ1) is 5.29. The maximum absolute atomic E-state index is 3.48. The number of nitrogens with zero attached hydrogens (tertiary/aromatic N) is 1. The Bertz CT molecular complexity index is 93.7. The van der Waals surface area contributed by atoms with Gasteiger partial charge in [0.25, 0.3) is 0 Å². The molecule has 1 atom stereocenters. The third kappa shape index (κ3) is 3.73. The minimum atomic E-state index is 0.882. The predicted molar refractivity (Wildman–Crippen MR) is 48.8 cm³/mol. The maximum Gasteiger partial charge on any atom is 0.00157 e. The number of hydrogen-bond acceptors (Lipinski definition) is 2. The Hall–Kier alpha value is -0.0800. The molecule has 0 saturated carbocycles. The molecule has 66 valence electrons. The summed E-state index contributed by atoms with van der Waals surface area (Å²) in [5.74, 6) is 0.882. The smallest absolute Gasteiger partial charge is 0.00157 e. The third-order valence-corrected chi connectivity index (χ3v) is 2.27. The molecule has 11 heavy (non-hydrogen) atoms. The average Bonchev–Trinajstić information content (AvgIpc) is 2.14. The summed E-state index contributed by atoms with van der Waals surface area (Å²) in [5, 5.41) is 3.48. The van der Waals surface area contributed by atoms with E-state index in [-0.39, 0.29) is 0 Å². The van der Waals surface area contributed by atoms with E-state index < -0.39 is 0 Å². The first-order valence-electron chi connectivity index (χ1n) is 4.64. The quantitative estimate of drug-likeness (QED) is 0.640. The summed E-state index contributed by atoms with van der Waals surface area (Å²) in [5.41, 5.74) is 0. The molecule has 0 bridgehead atoms. The van der Waals surface area contributed by atoms with Gasteiger partial charge in [-0.2, -0.15) is 0 Å². The molecule has 1 rings (SSSR count). The summed E-state index contributed by atoms with van der Waals surface area (Å²) in [6.45, 7) is 3.69. The second-order valence-corrected chi connectivity index (χ2v) is 3.83. The summed E-state index contributed by atoms with van der Waals surface area (Å²) in [7, 11) is 4.32. The van der Waals surface area contributed by atoms with Crippen LogP contribution in [0.25, 0.3) is 0 Å². The van der Waals surface area contributed by atoms with Crippen LogP contribution in [0.1, 0.15) is 19.3 Å². The fourth-order valence-corrected chi connectivity index (χ4v) is 1.76. The summed E-state index contributed by atoms with van der Waals surface area (Å²) in [6, 6.07) is 0. The molecule has 1 heterocycles. The molecule has 1 fully saturated rings. The van der Waals surface area contributed by atoms with Gasteiger partial charge in [-0.1, -0.05) is 6.42 Å². The van der Waals surface area contributed by atoms with Gasteiger partial charge in [-0.15, -0.1) is 0 Å². The van der Waals surface area contributed by atoms with Gasteiger partial charge >= 0.3 is 0 Å². The summed E-state index contributed by atoms with van der Waals surface area (Å²) in [6.07, 6.45) is 4.18. The lowest BCUT2D eigenvalue weighted by atomic mass is 10.0. The molecule has 1 N–H and O–H groups in total. The standard InChI is InChI=1S/C9H20N2/c1-11(2)8-9-5-3-4-6-10-7-9/h9-10H,3-8H2,1-2H3. The zero-order valence-electron chi connectivity index (χ0n) is 7.77. The van der Waals surface area contributed by atoms with Crippen molar-refractivity contribution >= 4 is 0 Å². The summed E-state index contributed by atoms with van der Waals surface area (Å²) in [4.78, 5) is 2.29. The number of rotatable bonds is 2. The first-order valence-corrected chi connectivity index (χ1v) is 4.64. The Kier molecular flexibility index (Phi) is 3.87. The monoisotopic (exact) mass is 156 g/mol. The van der Waals surface area contributed by atoms with Crippen molar-refractivity contribution in [2.24, 2.45) is 5.92 Å². The van der Waals surface area contributed by atoms with Crippen LogP contribution in [-0.2, 0) is 0 Å². The van der Waals surface area contributed by atoms with E-state index in [9.17, 15) is 0 Å². The van der Waals surface area contributed by atoms with Gasteiger partial charge in [0.2, 0.25) is 0 Å². The average molecular weight is 156 g/mol. The van der Waals surface area contributed by atoms with E-state index in [1.807, 2.05) is 0 Å². The van der Waals surface area contributed by atoms with E-state index >= 15 is 0 Å². The molecule has 2 nitrogen and oxygen atoms in total. The van der Waals surface area contributed by atoms with E-state index in [1.54, 1.807) is 0 Å². The molecule has 2 heteroatoms. The van der Waals surface area contributed by atoms with Gasteiger partial charge in [-0.05, 0) is 45.9 Å². The molecule has 0 aromatic rings. The lowest BCUT2D eigenvalue weighted by molar-refractivity contribution is 0.311. The van der Waals surface area contributed by atoms with Crippen molar-refractivity contribution in [2.45, 2.75) is 19.3 Å². The van der Waals surface area contributed by atoms with Crippen molar-refractivity contribution in [3.63, 3.8) is 0 Å². The van der Waals surface area contributed by atoms with Gasteiger partial charge < -0.3 is 10.2 Å². The normalized spacial score (nSPS) is 27.0. The van der Waals surface area contributed by atoms with Crippen LogP contribution in [0.3, 0.4) is 0 Å². The second kappa shape index (κ2) is 4.73. The van der Waals surface area contributed by atoms with E-state index in [1.165, 1.54) is 38.9 Å². The van der Waals surface area contributed by atoms with Gasteiger partial charge in [0.1, 0.15) is 0 Å². The zero-order chi connectivity index (χ0) is 8.10. The molecule has 1 aliphatic heterocycles. The Labute approximate surface area is 70.0 Å². The molecule has 0 aromatic carbocycles. The van der Waals surface area contributed by atoms with Gasteiger partial charge in [-0.3, -0.25) is 0 Å². The highest BCUT2D eigenvalue weighted by atomic mass is 15.1. The van der Waals surface area contributed by atoms with Gasteiger partial charge in [0.15, 0.2) is 0 Å². The van der Waals surface area contributed by atoms with Crippen LogP contribution < -0.4 is 5.32 Å². The molecular formula is C9H20N2. The second-order valence-electron chi connectivity index (χ2n) is 3.83. The Morgan fingerprint density at radius 2 is 2.18 bits per heavy atom. The highest BCUT2D eigenvalue weighted by molar-refractivity contribution is 4.68. The van der Waals surface area contributed by atoms with E-state index in [0.29, 0.717) is 0 Å². The molecule has 0 aliphatic carbocycles. The topological polar surface area (TPSA) is 15.3 Å². The maximum atomic E-state index is 3.48. The molecule has 1 aliphatic rings. The first kappa shape index (κ1) is 9.01. The van der Waals surface area contributed by atoms with E-state index in [2.05, 4.69) is 24.3 Å². The fourth-order valence-electron chi connectivity index (χ4n) is 1.76. The Balaban J connectivity index is 2.20. The van der Waals surface area contributed by atoms with Crippen molar-refractivity contribution in [2.75, 3.05) is 33.7 Å². The molecular weight excluding hydrogens is 136 g/mol. The van der Waals surface area contributed by atoms with E-state index in [4.69, 9.17) is 0 Å². The lowest BCUT2D eigenvalue weighted by Gasteiger charge is -2.18. The van der Waals surface area contributed by atoms with Crippen LogP contribution in [0, 0.1) is 5.92 Å². The summed E-state index contributed by atoms with van der Waals surface area (Å²) < 4.78 is 0. The SMILES string of the molecule is CN(C)CC1CCCCNC1. The van der Waals surface area contributed by atoms with Crippen molar-refractivity contribution < 1.29 is 0 Å². The summed E-state index contributed by atoms with van der Waals surface area (Å²) >= 11 is 0. The molecule has 0 spiro atoms. The fraction of sp³-hybridized carbons (Fsp3) is 1.00. The van der Waals surface area contributed by atoms with Gasteiger partial charge in [0, 0.05) is 6.54 Å². The Morgan fingerprint density at radius 1 is 1.36 bits per heavy atom. The van der Waals surface area contributed by atoms with Crippen LogP contribution in [0.4, 0.5) is 0 Å². The predicted octanol–water partition coefficient (Wildman–Crippen LogP) is 0.938. The van der Waals surface area contributed by atoms with Gasteiger partial charge in [0.05, 0.1) is 0 Å². The minimum Gasteiger partial charge on any atom is -0.316 e. The van der Waals surface area contributed by atoms with Crippen molar-refractivity contribution in [1.29, 1.82) is 0 Å².